The molecule has 1 amide bonds. The van der Waals surface area contributed by atoms with Gasteiger partial charge in [-0.2, -0.15) is 0 Å². The third-order valence-electron chi connectivity index (χ3n) is 6.71. The van der Waals surface area contributed by atoms with Crippen LogP contribution in [0, 0.1) is 0 Å². The molecule has 0 saturated carbocycles. The number of carbonyl (C=O) groups excluding carboxylic acids is 1. The van der Waals surface area contributed by atoms with Crippen molar-refractivity contribution < 1.29 is 4.79 Å². The number of allylic oxidation sites excluding steroid dienone is 1. The summed E-state index contributed by atoms with van der Waals surface area (Å²) in [5, 5.41) is 0. The molecule has 32 heavy (non-hydrogen) atoms. The lowest BCUT2D eigenvalue weighted by molar-refractivity contribution is -0.131. The van der Waals surface area contributed by atoms with Gasteiger partial charge < -0.3 is 9.80 Å². The minimum Gasteiger partial charge on any atom is -0.368 e. The predicted molar refractivity (Wildman–Crippen MR) is 134 cm³/mol. The summed E-state index contributed by atoms with van der Waals surface area (Å²) in [5.41, 5.74) is 6.30. The van der Waals surface area contributed by atoms with Crippen LogP contribution in [-0.2, 0) is 11.2 Å². The molecule has 0 aromatic heterocycles. The van der Waals surface area contributed by atoms with Gasteiger partial charge in [-0.05, 0) is 66.7 Å². The summed E-state index contributed by atoms with van der Waals surface area (Å²) in [5.74, 6) is 0.289. The Morgan fingerprint density at radius 2 is 1.75 bits per heavy atom. The van der Waals surface area contributed by atoms with Gasteiger partial charge in [0.1, 0.15) is 0 Å². The van der Waals surface area contributed by atoms with Gasteiger partial charge in [-0.1, -0.05) is 50.2 Å². The average molecular weight is 430 g/mol. The van der Waals surface area contributed by atoms with Crippen LogP contribution in [0.4, 0.5) is 5.69 Å². The van der Waals surface area contributed by atoms with Crippen LogP contribution in [0.5, 0.6) is 0 Å². The molecule has 1 unspecified atom stereocenters. The van der Waals surface area contributed by atoms with E-state index in [1.807, 2.05) is 11.0 Å². The normalized spacial score (nSPS) is 18.5. The van der Waals surface area contributed by atoms with Crippen molar-refractivity contribution in [1.82, 2.24) is 4.90 Å². The van der Waals surface area contributed by atoms with Crippen LogP contribution in [-0.4, -0.2) is 48.7 Å². The summed E-state index contributed by atoms with van der Waals surface area (Å²) in [4.78, 5) is 22.2. The number of nitrogens with zero attached hydrogens (tertiary/aromatic N) is 3. The first-order valence-electron chi connectivity index (χ1n) is 12.1. The standard InChI is InChI=1S/C28H35N3O/c1-3-22-10-8-11-24(20-22)27-21-23(4-2)26(29-27)14-9-15-28(32)31-18-16-30(17-19-31)25-12-6-5-7-13-25/h5-8,10-13,20-21,26H,3-4,9,14-19H2,1-2H3. The number of aryl methyl sites for hydroxylation is 1. The van der Waals surface area contributed by atoms with E-state index in [2.05, 4.69) is 73.4 Å². The largest absolute Gasteiger partial charge is 0.368 e. The Kier molecular flexibility index (Phi) is 7.41. The van der Waals surface area contributed by atoms with Gasteiger partial charge in [0.25, 0.3) is 0 Å². The summed E-state index contributed by atoms with van der Waals surface area (Å²) >= 11 is 0. The highest BCUT2D eigenvalue weighted by Crippen LogP contribution is 2.26. The molecule has 0 N–H and O–H groups in total. The fourth-order valence-corrected chi connectivity index (χ4v) is 4.71. The van der Waals surface area contributed by atoms with Crippen LogP contribution in [0.15, 0.2) is 71.2 Å². The topological polar surface area (TPSA) is 35.9 Å². The van der Waals surface area contributed by atoms with Crippen molar-refractivity contribution in [3.8, 4) is 0 Å². The van der Waals surface area contributed by atoms with Crippen molar-refractivity contribution in [2.45, 2.75) is 52.0 Å². The second-order valence-corrected chi connectivity index (χ2v) is 8.75. The van der Waals surface area contributed by atoms with Gasteiger partial charge in [-0.3, -0.25) is 9.79 Å². The first-order chi connectivity index (χ1) is 15.7. The Hall–Kier alpha value is -2.88. The molecule has 4 rings (SSSR count). The van der Waals surface area contributed by atoms with E-state index in [0.717, 1.165) is 57.6 Å². The third-order valence-corrected chi connectivity index (χ3v) is 6.71. The maximum absolute atomic E-state index is 12.8. The predicted octanol–water partition coefficient (Wildman–Crippen LogP) is 5.28. The Balaban J connectivity index is 1.27. The number of piperazine rings is 1. The van der Waals surface area contributed by atoms with Crippen molar-refractivity contribution in [3.63, 3.8) is 0 Å². The number of aliphatic imine (C=N–C) groups is 1. The first-order valence-corrected chi connectivity index (χ1v) is 12.1. The smallest absolute Gasteiger partial charge is 0.222 e. The van der Waals surface area contributed by atoms with Gasteiger partial charge in [-0.25, -0.2) is 0 Å². The summed E-state index contributed by atoms with van der Waals surface area (Å²) in [6, 6.07) is 19.4. The van der Waals surface area contributed by atoms with Crippen molar-refractivity contribution in [2.75, 3.05) is 31.1 Å². The Labute approximate surface area is 192 Å². The number of anilines is 1. The van der Waals surface area contributed by atoms with E-state index in [1.165, 1.54) is 22.4 Å². The summed E-state index contributed by atoms with van der Waals surface area (Å²) in [6.07, 6.45) is 6.79. The molecule has 4 heteroatoms. The van der Waals surface area contributed by atoms with Crippen LogP contribution in [0.25, 0.3) is 0 Å². The van der Waals surface area contributed by atoms with E-state index in [4.69, 9.17) is 4.99 Å². The zero-order valence-corrected chi connectivity index (χ0v) is 19.5. The highest BCUT2D eigenvalue weighted by atomic mass is 16.2. The van der Waals surface area contributed by atoms with E-state index in [9.17, 15) is 4.79 Å². The Morgan fingerprint density at radius 1 is 0.969 bits per heavy atom. The van der Waals surface area contributed by atoms with Crippen LogP contribution < -0.4 is 4.90 Å². The van der Waals surface area contributed by atoms with E-state index >= 15 is 0 Å². The van der Waals surface area contributed by atoms with Crippen molar-refractivity contribution in [2.24, 2.45) is 4.99 Å². The fraction of sp³-hybridized carbons (Fsp3) is 0.429. The lowest BCUT2D eigenvalue weighted by Crippen LogP contribution is -2.48. The molecule has 2 aliphatic rings. The second-order valence-electron chi connectivity index (χ2n) is 8.75. The summed E-state index contributed by atoms with van der Waals surface area (Å²) < 4.78 is 0. The Morgan fingerprint density at radius 3 is 2.47 bits per heavy atom. The number of carbonyl (C=O) groups is 1. The molecule has 0 spiro atoms. The molecule has 2 aromatic carbocycles. The van der Waals surface area contributed by atoms with Crippen LogP contribution in [0.2, 0.25) is 0 Å². The van der Waals surface area contributed by atoms with Gasteiger partial charge >= 0.3 is 0 Å². The third kappa shape index (κ3) is 5.29. The number of para-hydroxylation sites is 1. The molecule has 1 saturated heterocycles. The van der Waals surface area contributed by atoms with Gasteiger partial charge in [0.05, 0.1) is 11.8 Å². The van der Waals surface area contributed by atoms with E-state index in [1.54, 1.807) is 0 Å². The maximum Gasteiger partial charge on any atom is 0.222 e. The van der Waals surface area contributed by atoms with E-state index in [0.29, 0.717) is 6.42 Å². The highest BCUT2D eigenvalue weighted by molar-refractivity contribution is 6.10. The molecular weight excluding hydrogens is 394 g/mol. The maximum atomic E-state index is 12.8. The number of hydrogen-bond donors (Lipinski definition) is 0. The van der Waals surface area contributed by atoms with Crippen LogP contribution in [0.3, 0.4) is 0 Å². The molecule has 1 atom stereocenters. The zero-order valence-electron chi connectivity index (χ0n) is 19.5. The summed E-state index contributed by atoms with van der Waals surface area (Å²) in [6.45, 7) is 7.83. The molecule has 2 heterocycles. The fourth-order valence-electron chi connectivity index (χ4n) is 4.71. The molecule has 1 fully saturated rings. The number of hydrogen-bond acceptors (Lipinski definition) is 3. The number of amides is 1. The van der Waals surface area contributed by atoms with E-state index < -0.39 is 0 Å². The Bertz CT molecular complexity index is 971. The van der Waals surface area contributed by atoms with Crippen LogP contribution in [0.1, 0.15) is 50.7 Å². The highest BCUT2D eigenvalue weighted by Gasteiger charge is 2.23. The lowest BCUT2D eigenvalue weighted by atomic mass is 9.99. The minimum atomic E-state index is 0.225. The number of rotatable bonds is 8. The van der Waals surface area contributed by atoms with Crippen molar-refractivity contribution >= 4 is 17.3 Å². The molecule has 2 aromatic rings. The molecule has 168 valence electrons. The number of benzene rings is 2. The SMILES string of the molecule is CCC1=CC(c2cccc(CC)c2)=NC1CCCC(=O)N1CCN(c2ccccc2)CC1. The monoisotopic (exact) mass is 429 g/mol. The van der Waals surface area contributed by atoms with Crippen molar-refractivity contribution in [3.05, 3.63) is 77.4 Å². The van der Waals surface area contributed by atoms with Crippen LogP contribution >= 0.6 is 0 Å². The lowest BCUT2D eigenvalue weighted by Gasteiger charge is -2.36. The minimum absolute atomic E-state index is 0.225. The molecule has 2 aliphatic heterocycles. The van der Waals surface area contributed by atoms with Gasteiger partial charge in [0, 0.05) is 38.3 Å². The quantitative estimate of drug-likeness (QED) is 0.573. The molecule has 0 aliphatic carbocycles. The zero-order chi connectivity index (χ0) is 22.3. The molecular formula is C28H35N3O. The van der Waals surface area contributed by atoms with Gasteiger partial charge in [0.15, 0.2) is 0 Å². The van der Waals surface area contributed by atoms with Crippen molar-refractivity contribution in [1.29, 1.82) is 0 Å². The van der Waals surface area contributed by atoms with Gasteiger partial charge in [-0.15, -0.1) is 0 Å². The van der Waals surface area contributed by atoms with Gasteiger partial charge in [0.2, 0.25) is 5.91 Å². The molecule has 4 nitrogen and oxygen atoms in total. The summed E-state index contributed by atoms with van der Waals surface area (Å²) in [7, 11) is 0. The first kappa shape index (κ1) is 22.3. The second kappa shape index (κ2) is 10.6. The molecule has 0 radical (unpaired) electrons. The molecule has 0 bridgehead atoms. The van der Waals surface area contributed by atoms with E-state index in [-0.39, 0.29) is 11.9 Å². The average Bonchev–Trinajstić information content (AvgIpc) is 3.28.